The summed E-state index contributed by atoms with van der Waals surface area (Å²) in [6.45, 7) is 4.10. The number of ether oxygens (including phenoxy) is 1. The van der Waals surface area contributed by atoms with Gasteiger partial charge in [-0.3, -0.25) is 0 Å². The molecule has 0 saturated heterocycles. The molecular formula is C10H14FNO. The van der Waals surface area contributed by atoms with Crippen molar-refractivity contribution in [2.24, 2.45) is 5.73 Å². The van der Waals surface area contributed by atoms with Gasteiger partial charge in [-0.15, -0.1) is 0 Å². The molecule has 0 aliphatic heterocycles. The summed E-state index contributed by atoms with van der Waals surface area (Å²) >= 11 is 0. The summed E-state index contributed by atoms with van der Waals surface area (Å²) in [5.41, 5.74) is 6.38. The molecule has 13 heavy (non-hydrogen) atoms. The molecule has 3 heteroatoms. The van der Waals surface area contributed by atoms with Crippen molar-refractivity contribution in [3.8, 4) is 5.75 Å². The Balaban J connectivity index is 2.92. The third-order valence-electron chi connectivity index (χ3n) is 1.78. The van der Waals surface area contributed by atoms with E-state index in [9.17, 15) is 4.39 Å². The largest absolute Gasteiger partial charge is 0.491 e. The molecule has 0 heterocycles. The maximum Gasteiger partial charge on any atom is 0.165 e. The zero-order valence-corrected chi connectivity index (χ0v) is 7.88. The molecule has 0 aliphatic carbocycles. The Morgan fingerprint density at radius 3 is 2.69 bits per heavy atom. The molecule has 1 aromatic rings. The molecule has 2 N–H and O–H groups in total. The molecule has 0 saturated carbocycles. The predicted molar refractivity (Wildman–Crippen MR) is 50.2 cm³/mol. The molecule has 0 unspecified atom stereocenters. The van der Waals surface area contributed by atoms with Gasteiger partial charge in [0.1, 0.15) is 0 Å². The van der Waals surface area contributed by atoms with Gasteiger partial charge in [-0.25, -0.2) is 4.39 Å². The molecule has 0 amide bonds. The zero-order chi connectivity index (χ0) is 9.84. The summed E-state index contributed by atoms with van der Waals surface area (Å²) in [4.78, 5) is 0. The normalized spacial score (nSPS) is 12.6. The quantitative estimate of drug-likeness (QED) is 0.780. The number of hydrogen-bond acceptors (Lipinski definition) is 2. The van der Waals surface area contributed by atoms with Crippen LogP contribution < -0.4 is 10.5 Å². The Morgan fingerprint density at radius 1 is 1.54 bits per heavy atom. The molecule has 1 rings (SSSR count). The fourth-order valence-electron chi connectivity index (χ4n) is 1.07. The standard InChI is InChI=1S/C10H14FNO/c1-3-13-10-5-4-8(7(2)12)6-9(10)11/h4-7H,3,12H2,1-2H3/t7-/m0/s1. The number of hydrogen-bond donors (Lipinski definition) is 1. The number of halogens is 1. The van der Waals surface area contributed by atoms with Gasteiger partial charge in [0.25, 0.3) is 0 Å². The van der Waals surface area contributed by atoms with Crippen LogP contribution in [-0.4, -0.2) is 6.61 Å². The molecule has 72 valence electrons. The topological polar surface area (TPSA) is 35.2 Å². The van der Waals surface area contributed by atoms with E-state index < -0.39 is 0 Å². The summed E-state index contributed by atoms with van der Waals surface area (Å²) in [7, 11) is 0. The molecule has 0 bridgehead atoms. The predicted octanol–water partition coefficient (Wildman–Crippen LogP) is 2.24. The van der Waals surface area contributed by atoms with Gasteiger partial charge in [-0.2, -0.15) is 0 Å². The highest BCUT2D eigenvalue weighted by Gasteiger charge is 2.06. The van der Waals surface area contributed by atoms with Crippen LogP contribution in [0.15, 0.2) is 18.2 Å². The summed E-state index contributed by atoms with van der Waals surface area (Å²) in [6.07, 6.45) is 0. The van der Waals surface area contributed by atoms with Gasteiger partial charge in [0, 0.05) is 6.04 Å². The van der Waals surface area contributed by atoms with Crippen molar-refractivity contribution in [3.63, 3.8) is 0 Å². The van der Waals surface area contributed by atoms with Gasteiger partial charge in [0.15, 0.2) is 11.6 Å². The Hall–Kier alpha value is -1.09. The van der Waals surface area contributed by atoms with E-state index in [2.05, 4.69) is 0 Å². The smallest absolute Gasteiger partial charge is 0.165 e. The van der Waals surface area contributed by atoms with E-state index >= 15 is 0 Å². The first-order chi connectivity index (χ1) is 6.15. The van der Waals surface area contributed by atoms with Crippen LogP contribution in [0.3, 0.4) is 0 Å². The molecule has 0 aromatic heterocycles. The van der Waals surface area contributed by atoms with Gasteiger partial charge in [0.05, 0.1) is 6.61 Å². The lowest BCUT2D eigenvalue weighted by atomic mass is 10.1. The van der Waals surface area contributed by atoms with Crippen molar-refractivity contribution in [2.75, 3.05) is 6.61 Å². The lowest BCUT2D eigenvalue weighted by Crippen LogP contribution is -2.05. The Bertz CT molecular complexity index is 286. The second kappa shape index (κ2) is 4.23. The van der Waals surface area contributed by atoms with Crippen LogP contribution in [0.5, 0.6) is 5.75 Å². The summed E-state index contributed by atoms with van der Waals surface area (Å²) in [5, 5.41) is 0. The fourth-order valence-corrected chi connectivity index (χ4v) is 1.07. The SMILES string of the molecule is CCOc1ccc([C@H](C)N)cc1F. The maximum atomic E-state index is 13.2. The van der Waals surface area contributed by atoms with Crippen LogP contribution in [0.4, 0.5) is 4.39 Å². The fraction of sp³-hybridized carbons (Fsp3) is 0.400. The highest BCUT2D eigenvalue weighted by molar-refractivity contribution is 5.30. The first-order valence-electron chi connectivity index (χ1n) is 4.33. The van der Waals surface area contributed by atoms with E-state index in [1.54, 1.807) is 12.1 Å². The lowest BCUT2D eigenvalue weighted by Gasteiger charge is -2.08. The second-order valence-corrected chi connectivity index (χ2v) is 2.91. The lowest BCUT2D eigenvalue weighted by molar-refractivity contribution is 0.321. The van der Waals surface area contributed by atoms with Gasteiger partial charge in [-0.1, -0.05) is 6.07 Å². The van der Waals surface area contributed by atoms with Crippen LogP contribution in [0, 0.1) is 5.82 Å². The Labute approximate surface area is 77.5 Å². The highest BCUT2D eigenvalue weighted by atomic mass is 19.1. The van der Waals surface area contributed by atoms with Gasteiger partial charge < -0.3 is 10.5 Å². The minimum absolute atomic E-state index is 0.148. The van der Waals surface area contributed by atoms with Gasteiger partial charge in [-0.05, 0) is 31.5 Å². The average Bonchev–Trinajstić information content (AvgIpc) is 2.08. The van der Waals surface area contributed by atoms with E-state index in [4.69, 9.17) is 10.5 Å². The first kappa shape index (κ1) is 9.99. The van der Waals surface area contributed by atoms with Gasteiger partial charge >= 0.3 is 0 Å². The average molecular weight is 183 g/mol. The molecule has 0 fully saturated rings. The van der Waals surface area contributed by atoms with Crippen LogP contribution in [0.1, 0.15) is 25.5 Å². The Kier molecular flexibility index (Phi) is 3.25. The van der Waals surface area contributed by atoms with Crippen molar-refractivity contribution in [1.82, 2.24) is 0 Å². The van der Waals surface area contributed by atoms with Crippen LogP contribution in [-0.2, 0) is 0 Å². The van der Waals surface area contributed by atoms with E-state index in [0.29, 0.717) is 6.61 Å². The van der Waals surface area contributed by atoms with E-state index in [1.165, 1.54) is 6.07 Å². The number of benzene rings is 1. The first-order valence-corrected chi connectivity index (χ1v) is 4.33. The van der Waals surface area contributed by atoms with Crippen molar-refractivity contribution >= 4 is 0 Å². The molecule has 2 nitrogen and oxygen atoms in total. The summed E-state index contributed by atoms with van der Waals surface area (Å²) < 4.78 is 18.3. The van der Waals surface area contributed by atoms with E-state index in [1.807, 2.05) is 13.8 Å². The van der Waals surface area contributed by atoms with Crippen LogP contribution >= 0.6 is 0 Å². The minimum Gasteiger partial charge on any atom is -0.491 e. The van der Waals surface area contributed by atoms with Gasteiger partial charge in [0.2, 0.25) is 0 Å². The van der Waals surface area contributed by atoms with Crippen molar-refractivity contribution in [3.05, 3.63) is 29.6 Å². The highest BCUT2D eigenvalue weighted by Crippen LogP contribution is 2.20. The van der Waals surface area contributed by atoms with E-state index in [0.717, 1.165) is 5.56 Å². The Morgan fingerprint density at radius 2 is 2.23 bits per heavy atom. The van der Waals surface area contributed by atoms with Crippen LogP contribution in [0.2, 0.25) is 0 Å². The molecule has 0 spiro atoms. The molecule has 1 atom stereocenters. The van der Waals surface area contributed by atoms with Crippen molar-refractivity contribution in [2.45, 2.75) is 19.9 Å². The summed E-state index contributed by atoms with van der Waals surface area (Å²) in [6, 6.07) is 4.65. The van der Waals surface area contributed by atoms with Crippen molar-refractivity contribution < 1.29 is 9.13 Å². The second-order valence-electron chi connectivity index (χ2n) is 2.91. The molecule has 0 aliphatic rings. The molecular weight excluding hydrogens is 169 g/mol. The summed E-state index contributed by atoms with van der Waals surface area (Å²) in [5.74, 6) is -0.0662. The minimum atomic E-state index is -0.350. The number of rotatable bonds is 3. The third-order valence-corrected chi connectivity index (χ3v) is 1.78. The molecule has 0 radical (unpaired) electrons. The van der Waals surface area contributed by atoms with E-state index in [-0.39, 0.29) is 17.6 Å². The number of nitrogens with two attached hydrogens (primary N) is 1. The molecule has 1 aromatic carbocycles. The monoisotopic (exact) mass is 183 g/mol. The maximum absolute atomic E-state index is 13.2. The van der Waals surface area contributed by atoms with Crippen LogP contribution in [0.25, 0.3) is 0 Å². The van der Waals surface area contributed by atoms with Crippen molar-refractivity contribution in [1.29, 1.82) is 0 Å². The third kappa shape index (κ3) is 2.42. The zero-order valence-electron chi connectivity index (χ0n) is 7.88.